The van der Waals surface area contributed by atoms with Gasteiger partial charge in [0.05, 0.1) is 6.61 Å². The topological polar surface area (TPSA) is 24.5 Å². The number of ether oxygens (including phenoxy) is 1. The van der Waals surface area contributed by atoms with Crippen molar-refractivity contribution in [1.82, 2.24) is 10.2 Å². The number of nitrogens with zero attached hydrogens (tertiary/aromatic N) is 1. The third-order valence-electron chi connectivity index (χ3n) is 2.93. The zero-order chi connectivity index (χ0) is 12.4. The second kappa shape index (κ2) is 10.1. The van der Waals surface area contributed by atoms with E-state index in [1.807, 2.05) is 0 Å². The molecule has 1 atom stereocenters. The summed E-state index contributed by atoms with van der Waals surface area (Å²) in [4.78, 5) is 2.45. The third kappa shape index (κ3) is 8.08. The smallest absolute Gasteiger partial charge is 0.0589 e. The predicted molar refractivity (Wildman–Crippen MR) is 71.0 cm³/mol. The molecule has 0 aliphatic carbocycles. The van der Waals surface area contributed by atoms with Crippen molar-refractivity contribution in [3.05, 3.63) is 0 Å². The van der Waals surface area contributed by atoms with Crippen LogP contribution in [0, 0.1) is 0 Å². The predicted octanol–water partition coefficient (Wildman–Crippen LogP) is 2.12. The Morgan fingerprint density at radius 2 is 1.88 bits per heavy atom. The van der Waals surface area contributed by atoms with E-state index in [9.17, 15) is 0 Å². The highest BCUT2D eigenvalue weighted by Gasteiger charge is 2.08. The van der Waals surface area contributed by atoms with Gasteiger partial charge in [0.25, 0.3) is 0 Å². The van der Waals surface area contributed by atoms with Crippen LogP contribution in [0.25, 0.3) is 0 Å². The molecular weight excluding hydrogens is 200 g/mol. The van der Waals surface area contributed by atoms with Gasteiger partial charge in [-0.25, -0.2) is 0 Å². The number of hydrogen-bond acceptors (Lipinski definition) is 3. The lowest BCUT2D eigenvalue weighted by Gasteiger charge is -2.27. The molecule has 0 aliphatic rings. The molecule has 0 bridgehead atoms. The van der Waals surface area contributed by atoms with E-state index in [4.69, 9.17) is 4.74 Å². The minimum absolute atomic E-state index is 0.596. The minimum Gasteiger partial charge on any atom is -0.383 e. The normalized spacial score (nSPS) is 13.7. The standard InChI is InChI=1S/C13H30N2O/c1-6-7-13(4)14-8-9-15(12(2)3)10-11-16-5/h12-14H,6-11H2,1-5H3. The van der Waals surface area contributed by atoms with Gasteiger partial charge < -0.3 is 10.1 Å². The van der Waals surface area contributed by atoms with Gasteiger partial charge in [0, 0.05) is 38.8 Å². The summed E-state index contributed by atoms with van der Waals surface area (Å²) in [5, 5.41) is 3.56. The quantitative estimate of drug-likeness (QED) is 0.622. The van der Waals surface area contributed by atoms with Crippen LogP contribution >= 0.6 is 0 Å². The molecule has 0 aromatic heterocycles. The Labute approximate surface area is 102 Å². The Hall–Kier alpha value is -0.120. The minimum atomic E-state index is 0.596. The highest BCUT2D eigenvalue weighted by atomic mass is 16.5. The largest absolute Gasteiger partial charge is 0.383 e. The van der Waals surface area contributed by atoms with Gasteiger partial charge in [-0.05, 0) is 27.2 Å². The van der Waals surface area contributed by atoms with Crippen LogP contribution in [0.5, 0.6) is 0 Å². The van der Waals surface area contributed by atoms with E-state index in [0.717, 1.165) is 26.2 Å². The molecule has 0 aliphatic heterocycles. The van der Waals surface area contributed by atoms with Crippen molar-refractivity contribution >= 4 is 0 Å². The summed E-state index contributed by atoms with van der Waals surface area (Å²) < 4.78 is 5.13. The Morgan fingerprint density at radius 1 is 1.19 bits per heavy atom. The summed E-state index contributed by atoms with van der Waals surface area (Å²) in [6, 6.07) is 1.24. The summed E-state index contributed by atoms with van der Waals surface area (Å²) in [6.07, 6.45) is 2.52. The van der Waals surface area contributed by atoms with Crippen molar-refractivity contribution in [2.24, 2.45) is 0 Å². The van der Waals surface area contributed by atoms with Crippen molar-refractivity contribution in [3.8, 4) is 0 Å². The van der Waals surface area contributed by atoms with Crippen LogP contribution in [0.3, 0.4) is 0 Å². The zero-order valence-corrected chi connectivity index (χ0v) is 11.8. The van der Waals surface area contributed by atoms with Crippen LogP contribution in [-0.2, 0) is 4.74 Å². The molecule has 0 aromatic carbocycles. The zero-order valence-electron chi connectivity index (χ0n) is 11.8. The number of methoxy groups -OCH3 is 1. The molecule has 0 saturated heterocycles. The molecule has 0 aromatic rings. The maximum atomic E-state index is 5.13. The molecule has 98 valence electrons. The fourth-order valence-corrected chi connectivity index (χ4v) is 1.83. The average Bonchev–Trinajstić information content (AvgIpc) is 2.23. The molecule has 16 heavy (non-hydrogen) atoms. The van der Waals surface area contributed by atoms with Gasteiger partial charge in [0.1, 0.15) is 0 Å². The lowest BCUT2D eigenvalue weighted by molar-refractivity contribution is 0.129. The van der Waals surface area contributed by atoms with Crippen LogP contribution in [0.15, 0.2) is 0 Å². The second-order valence-electron chi connectivity index (χ2n) is 4.77. The average molecular weight is 230 g/mol. The molecule has 3 heteroatoms. The summed E-state index contributed by atoms with van der Waals surface area (Å²) in [5.74, 6) is 0. The molecular formula is C13H30N2O. The van der Waals surface area contributed by atoms with Crippen molar-refractivity contribution in [2.45, 2.75) is 52.6 Å². The fourth-order valence-electron chi connectivity index (χ4n) is 1.83. The number of rotatable bonds is 10. The van der Waals surface area contributed by atoms with Crippen LogP contribution in [0.1, 0.15) is 40.5 Å². The fraction of sp³-hybridized carbons (Fsp3) is 1.00. The first kappa shape index (κ1) is 15.9. The van der Waals surface area contributed by atoms with Gasteiger partial charge in [0.15, 0.2) is 0 Å². The van der Waals surface area contributed by atoms with Crippen molar-refractivity contribution in [2.75, 3.05) is 33.4 Å². The molecule has 0 saturated carbocycles. The molecule has 0 radical (unpaired) electrons. The van der Waals surface area contributed by atoms with E-state index < -0.39 is 0 Å². The SMILES string of the molecule is CCCC(C)NCCN(CCOC)C(C)C. The Morgan fingerprint density at radius 3 is 2.38 bits per heavy atom. The highest BCUT2D eigenvalue weighted by Crippen LogP contribution is 1.98. The van der Waals surface area contributed by atoms with Crippen LogP contribution in [0.4, 0.5) is 0 Å². The van der Waals surface area contributed by atoms with E-state index in [1.54, 1.807) is 7.11 Å². The van der Waals surface area contributed by atoms with Gasteiger partial charge >= 0.3 is 0 Å². The van der Waals surface area contributed by atoms with Crippen LogP contribution in [-0.4, -0.2) is 50.3 Å². The molecule has 0 spiro atoms. The molecule has 0 amide bonds. The molecule has 1 unspecified atom stereocenters. The van der Waals surface area contributed by atoms with Crippen molar-refractivity contribution < 1.29 is 4.74 Å². The lowest BCUT2D eigenvalue weighted by atomic mass is 10.2. The van der Waals surface area contributed by atoms with Crippen LogP contribution in [0.2, 0.25) is 0 Å². The van der Waals surface area contributed by atoms with Gasteiger partial charge in [-0.1, -0.05) is 13.3 Å². The molecule has 0 rings (SSSR count). The van der Waals surface area contributed by atoms with Crippen molar-refractivity contribution in [1.29, 1.82) is 0 Å². The monoisotopic (exact) mass is 230 g/mol. The second-order valence-corrected chi connectivity index (χ2v) is 4.77. The number of nitrogens with one attached hydrogen (secondary N) is 1. The maximum Gasteiger partial charge on any atom is 0.0589 e. The number of hydrogen-bond donors (Lipinski definition) is 1. The Bertz CT molecular complexity index is 151. The molecule has 0 fully saturated rings. The third-order valence-corrected chi connectivity index (χ3v) is 2.93. The van der Waals surface area contributed by atoms with E-state index >= 15 is 0 Å². The lowest BCUT2D eigenvalue weighted by Crippen LogP contribution is -2.40. The van der Waals surface area contributed by atoms with E-state index in [-0.39, 0.29) is 0 Å². The molecule has 1 N–H and O–H groups in total. The van der Waals surface area contributed by atoms with Gasteiger partial charge in [-0.15, -0.1) is 0 Å². The Kier molecular flexibility index (Phi) is 9.99. The summed E-state index contributed by atoms with van der Waals surface area (Å²) in [7, 11) is 1.76. The van der Waals surface area contributed by atoms with Gasteiger partial charge in [0.2, 0.25) is 0 Å². The summed E-state index contributed by atoms with van der Waals surface area (Å²) >= 11 is 0. The first-order chi connectivity index (χ1) is 7.61. The first-order valence-electron chi connectivity index (χ1n) is 6.58. The van der Waals surface area contributed by atoms with Crippen molar-refractivity contribution in [3.63, 3.8) is 0 Å². The van der Waals surface area contributed by atoms with E-state index in [2.05, 4.69) is 37.9 Å². The molecule has 3 nitrogen and oxygen atoms in total. The van der Waals surface area contributed by atoms with Gasteiger partial charge in [-0.3, -0.25) is 4.90 Å². The summed E-state index contributed by atoms with van der Waals surface area (Å²) in [6.45, 7) is 13.0. The summed E-state index contributed by atoms with van der Waals surface area (Å²) in [5.41, 5.74) is 0. The Balaban J connectivity index is 3.67. The highest BCUT2D eigenvalue weighted by molar-refractivity contribution is 4.66. The van der Waals surface area contributed by atoms with Crippen LogP contribution < -0.4 is 5.32 Å². The first-order valence-corrected chi connectivity index (χ1v) is 6.58. The molecule has 0 heterocycles. The van der Waals surface area contributed by atoms with Gasteiger partial charge in [-0.2, -0.15) is 0 Å². The van der Waals surface area contributed by atoms with E-state index in [0.29, 0.717) is 12.1 Å². The van der Waals surface area contributed by atoms with E-state index in [1.165, 1.54) is 12.8 Å². The maximum absolute atomic E-state index is 5.13.